The predicted octanol–water partition coefficient (Wildman–Crippen LogP) is 1.99. The Bertz CT molecular complexity index is 496. The Morgan fingerprint density at radius 2 is 2.10 bits per heavy atom. The molecule has 2 aliphatic heterocycles. The van der Waals surface area contributed by atoms with Gasteiger partial charge in [-0.05, 0) is 23.3 Å². The number of nitrogens with one attached hydrogen (secondary N) is 2. The van der Waals surface area contributed by atoms with E-state index in [4.69, 9.17) is 33.3 Å². The molecule has 6 heteroatoms. The van der Waals surface area contributed by atoms with Gasteiger partial charge in [0.25, 0.3) is 0 Å². The molecule has 0 saturated carbocycles. The molecule has 1 aromatic rings. The van der Waals surface area contributed by atoms with Crippen molar-refractivity contribution < 1.29 is 9.47 Å². The van der Waals surface area contributed by atoms with Gasteiger partial charge in [0, 0.05) is 18.1 Å². The number of thiocarbonyl (C=S) groups is 1. The monoisotopic (exact) mass is 312 g/mol. The highest BCUT2D eigenvalue weighted by atomic mass is 35.5. The molecular weight excluding hydrogens is 296 g/mol. The van der Waals surface area contributed by atoms with Crippen LogP contribution in [0.4, 0.5) is 0 Å². The second-order valence-electron chi connectivity index (χ2n) is 5.00. The number of halogens is 1. The van der Waals surface area contributed by atoms with Crippen LogP contribution in [0.5, 0.6) is 0 Å². The van der Waals surface area contributed by atoms with Crippen molar-refractivity contribution in [3.63, 3.8) is 0 Å². The average molecular weight is 313 g/mol. The largest absolute Gasteiger partial charge is 0.378 e. The lowest BCUT2D eigenvalue weighted by Crippen LogP contribution is -2.38. The first kappa shape index (κ1) is 14.2. The lowest BCUT2D eigenvalue weighted by Gasteiger charge is -2.28. The van der Waals surface area contributed by atoms with Gasteiger partial charge in [-0.15, -0.1) is 0 Å². The summed E-state index contributed by atoms with van der Waals surface area (Å²) in [6.07, 6.45) is -0.0105. The van der Waals surface area contributed by atoms with Crippen molar-refractivity contribution in [2.45, 2.75) is 12.1 Å². The molecule has 0 radical (unpaired) electrons. The van der Waals surface area contributed by atoms with Crippen LogP contribution in [0.25, 0.3) is 0 Å². The van der Waals surface area contributed by atoms with Gasteiger partial charge in [0.05, 0.1) is 25.9 Å². The molecule has 0 bridgehead atoms. The van der Waals surface area contributed by atoms with Crippen LogP contribution in [-0.2, 0) is 9.47 Å². The van der Waals surface area contributed by atoms with Crippen LogP contribution in [0.2, 0.25) is 5.02 Å². The maximum Gasteiger partial charge on any atom is 0.102 e. The van der Waals surface area contributed by atoms with E-state index in [9.17, 15) is 0 Å². The quantitative estimate of drug-likeness (QED) is 0.818. The highest BCUT2D eigenvalue weighted by Gasteiger charge is 2.21. The zero-order chi connectivity index (χ0) is 13.9. The third-order valence-electron chi connectivity index (χ3n) is 3.54. The fourth-order valence-electron chi connectivity index (χ4n) is 2.51. The van der Waals surface area contributed by atoms with Crippen LogP contribution in [0.1, 0.15) is 23.3 Å². The minimum Gasteiger partial charge on any atom is -0.378 e. The zero-order valence-electron chi connectivity index (χ0n) is 11.0. The summed E-state index contributed by atoms with van der Waals surface area (Å²) in [5.41, 5.74) is 2.22. The van der Waals surface area contributed by atoms with E-state index < -0.39 is 0 Å². The van der Waals surface area contributed by atoms with Crippen LogP contribution in [0, 0.1) is 0 Å². The molecule has 1 aromatic carbocycles. The molecule has 4 nitrogen and oxygen atoms in total. The lowest BCUT2D eigenvalue weighted by atomic mass is 10.0. The Morgan fingerprint density at radius 3 is 2.80 bits per heavy atom. The Labute approximate surface area is 128 Å². The topological polar surface area (TPSA) is 42.5 Å². The first-order valence-corrected chi connectivity index (χ1v) is 7.51. The summed E-state index contributed by atoms with van der Waals surface area (Å²) < 4.78 is 11.3. The third-order valence-corrected chi connectivity index (χ3v) is 4.02. The van der Waals surface area contributed by atoms with Gasteiger partial charge in [0.1, 0.15) is 11.1 Å². The minimum atomic E-state index is -0.0105. The summed E-state index contributed by atoms with van der Waals surface area (Å²) in [4.78, 5) is 0.755. The number of hydrogen-bond acceptors (Lipinski definition) is 4. The fraction of sp³-hybridized carbons (Fsp3) is 0.500. The standard InChI is InChI=1S/C14H17ClN2O2S/c15-11-4-9(12-7-18-2-1-16-12)3-10(5-11)13-6-17-14(20)8-19-13/h3-5,12-13,16H,1-2,6-8H2,(H,17,20)/t12-,13?/m0/s1. The van der Waals surface area contributed by atoms with Gasteiger partial charge in [0.15, 0.2) is 0 Å². The summed E-state index contributed by atoms with van der Waals surface area (Å²) in [7, 11) is 0. The third kappa shape index (κ3) is 3.30. The number of morpholine rings is 2. The van der Waals surface area contributed by atoms with Gasteiger partial charge in [-0.2, -0.15) is 0 Å². The Kier molecular flexibility index (Phi) is 4.53. The van der Waals surface area contributed by atoms with E-state index in [1.807, 2.05) is 12.1 Å². The van der Waals surface area contributed by atoms with Gasteiger partial charge < -0.3 is 20.1 Å². The molecule has 0 amide bonds. The molecule has 3 rings (SSSR count). The SMILES string of the molecule is S=C1COC(c2cc(Cl)cc([C@@H]3COCCN3)c2)CN1. The molecule has 2 fully saturated rings. The summed E-state index contributed by atoms with van der Waals surface area (Å²) >= 11 is 11.3. The Hall–Kier alpha value is -0.720. The smallest absolute Gasteiger partial charge is 0.102 e. The Morgan fingerprint density at radius 1 is 1.25 bits per heavy atom. The maximum atomic E-state index is 6.25. The van der Waals surface area contributed by atoms with Crippen molar-refractivity contribution in [3.8, 4) is 0 Å². The van der Waals surface area contributed by atoms with Crippen LogP contribution in [0.3, 0.4) is 0 Å². The van der Waals surface area contributed by atoms with E-state index >= 15 is 0 Å². The van der Waals surface area contributed by atoms with Crippen LogP contribution in [-0.4, -0.2) is 37.9 Å². The molecule has 2 heterocycles. The molecule has 2 N–H and O–H groups in total. The Balaban J connectivity index is 1.80. The normalized spacial score (nSPS) is 27.1. The van der Waals surface area contributed by atoms with Gasteiger partial charge >= 0.3 is 0 Å². The molecule has 0 aromatic heterocycles. The molecule has 20 heavy (non-hydrogen) atoms. The number of ether oxygens (including phenoxy) is 2. The fourth-order valence-corrected chi connectivity index (χ4v) is 2.91. The summed E-state index contributed by atoms with van der Waals surface area (Å²) in [6.45, 7) is 3.45. The summed E-state index contributed by atoms with van der Waals surface area (Å²) in [6, 6.07) is 6.27. The van der Waals surface area contributed by atoms with Crippen molar-refractivity contribution in [2.75, 3.05) is 32.9 Å². The van der Waals surface area contributed by atoms with Gasteiger partial charge in [-0.3, -0.25) is 0 Å². The van der Waals surface area contributed by atoms with Crippen molar-refractivity contribution in [1.29, 1.82) is 0 Å². The molecule has 0 spiro atoms. The predicted molar refractivity (Wildman–Crippen MR) is 82.3 cm³/mol. The first-order chi connectivity index (χ1) is 9.72. The van der Waals surface area contributed by atoms with Crippen LogP contribution < -0.4 is 10.6 Å². The van der Waals surface area contributed by atoms with Crippen molar-refractivity contribution in [1.82, 2.24) is 10.6 Å². The van der Waals surface area contributed by atoms with Gasteiger partial charge in [-0.1, -0.05) is 29.9 Å². The molecular formula is C14H17ClN2O2S. The maximum absolute atomic E-state index is 6.25. The van der Waals surface area contributed by atoms with Crippen molar-refractivity contribution in [3.05, 3.63) is 34.3 Å². The highest BCUT2D eigenvalue weighted by molar-refractivity contribution is 7.80. The van der Waals surface area contributed by atoms with Crippen LogP contribution >= 0.6 is 23.8 Å². The number of rotatable bonds is 2. The lowest BCUT2D eigenvalue weighted by molar-refractivity contribution is 0.0690. The van der Waals surface area contributed by atoms with Gasteiger partial charge in [-0.25, -0.2) is 0 Å². The zero-order valence-corrected chi connectivity index (χ0v) is 12.6. The van der Waals surface area contributed by atoms with E-state index in [2.05, 4.69) is 16.7 Å². The van der Waals surface area contributed by atoms with E-state index in [1.54, 1.807) is 0 Å². The highest BCUT2D eigenvalue weighted by Crippen LogP contribution is 2.27. The first-order valence-electron chi connectivity index (χ1n) is 6.72. The summed E-state index contributed by atoms with van der Waals surface area (Å²) in [5, 5.41) is 7.33. The molecule has 2 saturated heterocycles. The minimum absolute atomic E-state index is 0.0105. The molecule has 1 unspecified atom stereocenters. The van der Waals surface area contributed by atoms with E-state index in [0.29, 0.717) is 19.8 Å². The van der Waals surface area contributed by atoms with Crippen molar-refractivity contribution >= 4 is 28.8 Å². The van der Waals surface area contributed by atoms with E-state index in [0.717, 1.165) is 34.3 Å². The van der Waals surface area contributed by atoms with E-state index in [-0.39, 0.29) is 12.1 Å². The molecule has 2 aliphatic rings. The van der Waals surface area contributed by atoms with Crippen molar-refractivity contribution in [2.24, 2.45) is 0 Å². The number of benzene rings is 1. The van der Waals surface area contributed by atoms with Crippen LogP contribution in [0.15, 0.2) is 18.2 Å². The second-order valence-corrected chi connectivity index (χ2v) is 5.93. The van der Waals surface area contributed by atoms with E-state index in [1.165, 1.54) is 0 Å². The molecule has 2 atom stereocenters. The average Bonchev–Trinajstić information content (AvgIpc) is 2.48. The van der Waals surface area contributed by atoms with Gasteiger partial charge in [0.2, 0.25) is 0 Å². The molecule has 108 valence electrons. The summed E-state index contributed by atoms with van der Waals surface area (Å²) in [5.74, 6) is 0. The molecule has 0 aliphatic carbocycles. The second kappa shape index (κ2) is 6.37. The number of hydrogen-bond donors (Lipinski definition) is 2.